The molecule has 0 aliphatic carbocycles. The molecule has 0 saturated carbocycles. The molecule has 0 fully saturated rings. The third-order valence-corrected chi connectivity index (χ3v) is 2.36. The molecule has 1 heterocycles. The van der Waals surface area contributed by atoms with Gasteiger partial charge in [0.25, 0.3) is 0 Å². The fourth-order valence-electron chi connectivity index (χ4n) is 1.37. The second-order valence-corrected chi connectivity index (χ2v) is 3.95. The monoisotopic (exact) mass is 252 g/mol. The molecule has 0 saturated heterocycles. The van der Waals surface area contributed by atoms with Crippen LogP contribution < -0.4 is 5.32 Å². The van der Waals surface area contributed by atoms with Crippen LogP contribution in [0.3, 0.4) is 0 Å². The minimum absolute atomic E-state index is 0.0809. The highest BCUT2D eigenvalue weighted by Crippen LogP contribution is 2.14. The lowest BCUT2D eigenvalue weighted by Gasteiger charge is -2.17. The molecule has 6 nitrogen and oxygen atoms in total. The van der Waals surface area contributed by atoms with Crippen LogP contribution >= 0.6 is 0 Å². The molecule has 1 amide bonds. The van der Waals surface area contributed by atoms with E-state index >= 15 is 0 Å². The Balaban J connectivity index is 2.76. The number of carbonyl (C=O) groups excluding carboxylic acids is 2. The molecule has 0 aliphatic rings. The molecule has 0 aliphatic heterocycles. The number of pyridine rings is 1. The van der Waals surface area contributed by atoms with Gasteiger partial charge in [0.05, 0.1) is 5.69 Å². The number of rotatable bonds is 5. The van der Waals surface area contributed by atoms with Crippen LogP contribution in [0.5, 0.6) is 0 Å². The number of nitrogens with one attached hydrogen (secondary N) is 1. The van der Waals surface area contributed by atoms with Crippen molar-refractivity contribution >= 4 is 11.7 Å². The van der Waals surface area contributed by atoms with E-state index in [0.29, 0.717) is 0 Å². The third kappa shape index (κ3) is 3.90. The lowest BCUT2D eigenvalue weighted by Crippen LogP contribution is -2.34. The summed E-state index contributed by atoms with van der Waals surface area (Å²) in [6, 6.07) is 4.61. The Labute approximate surface area is 105 Å². The number of Topliss-reactive ketones (excluding diaryl/α,β-unsaturated/α-hetero) is 1. The zero-order chi connectivity index (χ0) is 13.7. The molecule has 18 heavy (non-hydrogen) atoms. The molecular weight excluding hydrogens is 236 g/mol. The summed E-state index contributed by atoms with van der Waals surface area (Å²) in [7, 11) is 0. The predicted octanol–water partition coefficient (Wildman–Crippen LogP) is -0.185. The van der Waals surface area contributed by atoms with E-state index in [2.05, 4.69) is 10.3 Å². The van der Waals surface area contributed by atoms with E-state index in [1.54, 1.807) is 6.07 Å². The fourth-order valence-corrected chi connectivity index (χ4v) is 1.37. The van der Waals surface area contributed by atoms with Gasteiger partial charge in [-0.2, -0.15) is 0 Å². The maximum Gasteiger partial charge on any atom is 0.216 e. The smallest absolute Gasteiger partial charge is 0.216 e. The number of carbonyl (C=O) groups is 2. The number of nitrogens with zero attached hydrogens (tertiary/aromatic N) is 1. The Morgan fingerprint density at radius 3 is 2.56 bits per heavy atom. The van der Waals surface area contributed by atoms with Crippen molar-refractivity contribution in [1.82, 2.24) is 10.3 Å². The Hall–Kier alpha value is -1.79. The van der Waals surface area contributed by atoms with Crippen LogP contribution in [-0.4, -0.2) is 39.5 Å². The Bertz CT molecular complexity index is 447. The van der Waals surface area contributed by atoms with E-state index < -0.39 is 12.2 Å². The van der Waals surface area contributed by atoms with Gasteiger partial charge in [-0.1, -0.05) is 6.07 Å². The fraction of sp³-hybridized carbons (Fsp3) is 0.417. The van der Waals surface area contributed by atoms with Gasteiger partial charge in [0.15, 0.2) is 5.78 Å². The highest BCUT2D eigenvalue weighted by atomic mass is 16.3. The van der Waals surface area contributed by atoms with Crippen molar-refractivity contribution in [3.8, 4) is 0 Å². The number of aliphatic hydroxyl groups is 2. The summed E-state index contributed by atoms with van der Waals surface area (Å²) in [5, 5.41) is 21.9. The molecule has 1 rings (SSSR count). The third-order valence-electron chi connectivity index (χ3n) is 2.36. The van der Waals surface area contributed by atoms with Crippen LogP contribution in [0.4, 0.5) is 0 Å². The van der Waals surface area contributed by atoms with Crippen molar-refractivity contribution in [3.63, 3.8) is 0 Å². The molecule has 0 radical (unpaired) electrons. The SMILES string of the molecule is CC(=O)NCC(O)C(O)c1cccc(C(C)=O)n1. The van der Waals surface area contributed by atoms with Crippen molar-refractivity contribution in [2.45, 2.75) is 26.1 Å². The van der Waals surface area contributed by atoms with E-state index in [-0.39, 0.29) is 29.6 Å². The lowest BCUT2D eigenvalue weighted by atomic mass is 10.1. The van der Waals surface area contributed by atoms with E-state index in [1.807, 2.05) is 0 Å². The Morgan fingerprint density at radius 1 is 1.33 bits per heavy atom. The minimum atomic E-state index is -1.25. The predicted molar refractivity (Wildman–Crippen MR) is 63.9 cm³/mol. The molecule has 0 aromatic carbocycles. The number of hydrogen-bond acceptors (Lipinski definition) is 5. The summed E-state index contributed by atoms with van der Waals surface area (Å²) in [6.07, 6.45) is -2.43. The van der Waals surface area contributed by atoms with Gasteiger partial charge in [-0.3, -0.25) is 9.59 Å². The first kappa shape index (κ1) is 14.3. The van der Waals surface area contributed by atoms with Crippen LogP contribution in [0.15, 0.2) is 18.2 Å². The van der Waals surface area contributed by atoms with Crippen LogP contribution in [0.2, 0.25) is 0 Å². The van der Waals surface area contributed by atoms with Gasteiger partial charge in [-0.25, -0.2) is 4.98 Å². The molecule has 0 spiro atoms. The highest BCUT2D eigenvalue weighted by molar-refractivity contribution is 5.92. The van der Waals surface area contributed by atoms with Crippen molar-refractivity contribution in [2.24, 2.45) is 0 Å². The first-order valence-electron chi connectivity index (χ1n) is 5.50. The zero-order valence-corrected chi connectivity index (χ0v) is 10.3. The average molecular weight is 252 g/mol. The minimum Gasteiger partial charge on any atom is -0.388 e. The van der Waals surface area contributed by atoms with Gasteiger partial charge in [0, 0.05) is 20.4 Å². The summed E-state index contributed by atoms with van der Waals surface area (Å²) in [5.41, 5.74) is 0.416. The highest BCUT2D eigenvalue weighted by Gasteiger charge is 2.20. The molecule has 3 N–H and O–H groups in total. The van der Waals surface area contributed by atoms with Crippen molar-refractivity contribution in [2.75, 3.05) is 6.54 Å². The van der Waals surface area contributed by atoms with Crippen molar-refractivity contribution in [1.29, 1.82) is 0 Å². The van der Waals surface area contributed by atoms with E-state index in [9.17, 15) is 19.8 Å². The standard InChI is InChI=1S/C12H16N2O4/c1-7(15)9-4-3-5-10(14-9)12(18)11(17)6-13-8(2)16/h3-5,11-12,17-18H,6H2,1-2H3,(H,13,16). The molecule has 2 unspecified atom stereocenters. The van der Waals surface area contributed by atoms with Crippen LogP contribution in [-0.2, 0) is 4.79 Å². The van der Waals surface area contributed by atoms with Gasteiger partial charge in [-0.15, -0.1) is 0 Å². The van der Waals surface area contributed by atoms with E-state index in [0.717, 1.165) is 0 Å². The number of aliphatic hydroxyl groups excluding tert-OH is 2. The first-order chi connectivity index (χ1) is 8.41. The molecule has 2 atom stereocenters. The van der Waals surface area contributed by atoms with Gasteiger partial charge in [-0.05, 0) is 12.1 Å². The largest absolute Gasteiger partial charge is 0.388 e. The lowest BCUT2D eigenvalue weighted by molar-refractivity contribution is -0.119. The van der Waals surface area contributed by atoms with E-state index in [1.165, 1.54) is 26.0 Å². The van der Waals surface area contributed by atoms with Gasteiger partial charge < -0.3 is 15.5 Å². The van der Waals surface area contributed by atoms with Crippen LogP contribution in [0.25, 0.3) is 0 Å². The maximum absolute atomic E-state index is 11.1. The van der Waals surface area contributed by atoms with Crippen molar-refractivity contribution in [3.05, 3.63) is 29.6 Å². The summed E-state index contributed by atoms with van der Waals surface area (Å²) in [6.45, 7) is 2.60. The number of aromatic nitrogens is 1. The number of hydrogen-bond donors (Lipinski definition) is 3. The quantitative estimate of drug-likeness (QED) is 0.631. The summed E-state index contributed by atoms with van der Waals surface area (Å²) in [5.74, 6) is -0.521. The summed E-state index contributed by atoms with van der Waals surface area (Å²) in [4.78, 5) is 25.8. The molecule has 6 heteroatoms. The molecule has 1 aromatic rings. The molecule has 1 aromatic heterocycles. The van der Waals surface area contributed by atoms with Crippen LogP contribution in [0.1, 0.15) is 36.1 Å². The van der Waals surface area contributed by atoms with Gasteiger partial charge in [0.2, 0.25) is 5.91 Å². The number of amides is 1. The molecule has 0 bridgehead atoms. The van der Waals surface area contributed by atoms with Crippen LogP contribution in [0, 0.1) is 0 Å². The van der Waals surface area contributed by atoms with Gasteiger partial charge >= 0.3 is 0 Å². The topological polar surface area (TPSA) is 99.5 Å². The first-order valence-corrected chi connectivity index (χ1v) is 5.50. The summed E-state index contributed by atoms with van der Waals surface area (Å²) >= 11 is 0. The Morgan fingerprint density at radius 2 is 2.00 bits per heavy atom. The maximum atomic E-state index is 11.1. The Kier molecular flexibility index (Phi) is 4.94. The second kappa shape index (κ2) is 6.23. The molecule has 98 valence electrons. The van der Waals surface area contributed by atoms with E-state index in [4.69, 9.17) is 0 Å². The van der Waals surface area contributed by atoms with Gasteiger partial charge in [0.1, 0.15) is 17.9 Å². The normalized spacial score (nSPS) is 13.8. The van der Waals surface area contributed by atoms with Crippen molar-refractivity contribution < 1.29 is 19.8 Å². The number of ketones is 1. The summed E-state index contributed by atoms with van der Waals surface area (Å²) < 4.78 is 0. The average Bonchev–Trinajstić information content (AvgIpc) is 2.35. The zero-order valence-electron chi connectivity index (χ0n) is 10.3. The molecular formula is C12H16N2O4. The second-order valence-electron chi connectivity index (χ2n) is 3.95.